The third-order valence-corrected chi connectivity index (χ3v) is 2.94. The molecule has 0 aromatic carbocycles. The summed E-state index contributed by atoms with van der Waals surface area (Å²) in [5, 5.41) is 9.25. The molecule has 0 radical (unpaired) electrons. The Labute approximate surface area is 111 Å². The van der Waals surface area contributed by atoms with Crippen molar-refractivity contribution in [3.05, 3.63) is 35.5 Å². The van der Waals surface area contributed by atoms with Crippen molar-refractivity contribution in [2.45, 2.75) is 33.1 Å². The molecular formula is C14H16N2O3. The predicted octanol–water partition coefficient (Wildman–Crippen LogP) is 2.72. The quantitative estimate of drug-likeness (QED) is 0.918. The summed E-state index contributed by atoms with van der Waals surface area (Å²) in [4.78, 5) is 19.8. The van der Waals surface area contributed by atoms with E-state index in [1.807, 2.05) is 26.0 Å². The van der Waals surface area contributed by atoms with Crippen molar-refractivity contribution in [2.24, 2.45) is 0 Å². The molecule has 5 heteroatoms. The van der Waals surface area contributed by atoms with Crippen molar-refractivity contribution >= 4 is 5.97 Å². The van der Waals surface area contributed by atoms with Crippen molar-refractivity contribution < 1.29 is 14.3 Å². The molecule has 19 heavy (non-hydrogen) atoms. The third kappa shape index (κ3) is 2.50. The molecule has 0 aliphatic rings. The highest BCUT2D eigenvalue weighted by molar-refractivity contribution is 5.79. The topological polar surface area (TPSA) is 76.2 Å². The predicted molar refractivity (Wildman–Crippen MR) is 69.9 cm³/mol. The molecule has 0 spiro atoms. The number of carboxylic acid groups (broad SMARTS) is 1. The molecule has 0 unspecified atom stereocenters. The lowest BCUT2D eigenvalue weighted by Crippen LogP contribution is -2.31. The van der Waals surface area contributed by atoms with Gasteiger partial charge in [0.05, 0.1) is 0 Å². The highest BCUT2D eigenvalue weighted by atomic mass is 16.4. The Morgan fingerprint density at radius 1 is 1.26 bits per heavy atom. The van der Waals surface area contributed by atoms with Gasteiger partial charge in [-0.2, -0.15) is 0 Å². The maximum Gasteiger partial charge on any atom is 0.316 e. The summed E-state index contributed by atoms with van der Waals surface area (Å²) in [5.74, 6) is 0.722. The molecule has 0 saturated heterocycles. The minimum atomic E-state index is -1.14. The molecule has 0 bridgehead atoms. The second kappa shape index (κ2) is 4.50. The smallest absolute Gasteiger partial charge is 0.316 e. The van der Waals surface area contributed by atoms with Crippen LogP contribution >= 0.6 is 0 Å². The number of aliphatic carboxylic acids is 1. The summed E-state index contributed by atoms with van der Waals surface area (Å²) >= 11 is 0. The number of aromatic nitrogens is 2. The first-order valence-electron chi connectivity index (χ1n) is 5.97. The summed E-state index contributed by atoms with van der Waals surface area (Å²) in [6, 6.07) is 5.43. The molecule has 2 aromatic rings. The number of hydrogen-bond acceptors (Lipinski definition) is 4. The van der Waals surface area contributed by atoms with Gasteiger partial charge in [0, 0.05) is 5.69 Å². The Balaban J connectivity index is 2.55. The molecule has 100 valence electrons. The van der Waals surface area contributed by atoms with Crippen LogP contribution in [0.3, 0.4) is 0 Å². The van der Waals surface area contributed by atoms with E-state index in [2.05, 4.69) is 9.97 Å². The van der Waals surface area contributed by atoms with Crippen LogP contribution < -0.4 is 0 Å². The molecule has 0 saturated carbocycles. The van der Waals surface area contributed by atoms with E-state index in [-0.39, 0.29) is 5.82 Å². The minimum Gasteiger partial charge on any atom is -0.481 e. The first kappa shape index (κ1) is 13.3. The molecule has 2 aromatic heterocycles. The van der Waals surface area contributed by atoms with Crippen LogP contribution in [0.15, 0.2) is 22.6 Å². The van der Waals surface area contributed by atoms with E-state index in [0.29, 0.717) is 17.1 Å². The number of carboxylic acids is 1. The molecule has 0 atom stereocenters. The van der Waals surface area contributed by atoms with Crippen LogP contribution in [0, 0.1) is 13.8 Å². The lowest BCUT2D eigenvalue weighted by Gasteiger charge is -2.18. The molecule has 0 aliphatic heterocycles. The summed E-state index contributed by atoms with van der Waals surface area (Å²) in [7, 11) is 0. The molecule has 5 nitrogen and oxygen atoms in total. The van der Waals surface area contributed by atoms with Gasteiger partial charge in [0.2, 0.25) is 0 Å². The first-order valence-corrected chi connectivity index (χ1v) is 5.97. The second-order valence-corrected chi connectivity index (χ2v) is 5.06. The van der Waals surface area contributed by atoms with E-state index in [1.54, 1.807) is 19.9 Å². The normalized spacial score (nSPS) is 11.6. The van der Waals surface area contributed by atoms with Gasteiger partial charge >= 0.3 is 5.97 Å². The zero-order valence-electron chi connectivity index (χ0n) is 11.4. The van der Waals surface area contributed by atoms with E-state index in [4.69, 9.17) is 4.42 Å². The summed E-state index contributed by atoms with van der Waals surface area (Å²) < 4.78 is 5.51. The van der Waals surface area contributed by atoms with Crippen molar-refractivity contribution in [2.75, 3.05) is 0 Å². The van der Waals surface area contributed by atoms with Crippen LogP contribution in [0.2, 0.25) is 0 Å². The molecule has 2 rings (SSSR count). The third-order valence-electron chi connectivity index (χ3n) is 2.94. The fourth-order valence-corrected chi connectivity index (χ4v) is 1.64. The largest absolute Gasteiger partial charge is 0.481 e. The van der Waals surface area contributed by atoms with Crippen LogP contribution in [0.4, 0.5) is 0 Å². The number of nitrogens with zero attached hydrogens (tertiary/aromatic N) is 2. The number of rotatable bonds is 3. The van der Waals surface area contributed by atoms with Gasteiger partial charge in [0.1, 0.15) is 22.7 Å². The van der Waals surface area contributed by atoms with Crippen LogP contribution in [-0.4, -0.2) is 21.0 Å². The molecule has 0 aliphatic carbocycles. The monoisotopic (exact) mass is 260 g/mol. The van der Waals surface area contributed by atoms with Gasteiger partial charge in [-0.05, 0) is 45.9 Å². The fourth-order valence-electron chi connectivity index (χ4n) is 1.64. The molecule has 0 fully saturated rings. The number of hydrogen-bond donors (Lipinski definition) is 1. The number of aryl methyl sites for hydroxylation is 2. The average molecular weight is 260 g/mol. The van der Waals surface area contributed by atoms with Gasteiger partial charge in [-0.15, -0.1) is 0 Å². The molecule has 2 heterocycles. The van der Waals surface area contributed by atoms with Gasteiger partial charge in [0.25, 0.3) is 0 Å². The molecule has 1 N–H and O–H groups in total. The fraction of sp³-hybridized carbons (Fsp3) is 0.357. The Morgan fingerprint density at radius 2 is 1.95 bits per heavy atom. The van der Waals surface area contributed by atoms with Gasteiger partial charge in [0.15, 0.2) is 5.76 Å². The highest BCUT2D eigenvalue weighted by Gasteiger charge is 2.33. The van der Waals surface area contributed by atoms with E-state index in [0.717, 1.165) is 5.76 Å². The first-order chi connectivity index (χ1) is 8.80. The minimum absolute atomic E-state index is 0.282. The van der Waals surface area contributed by atoms with Crippen LogP contribution in [0.25, 0.3) is 11.5 Å². The Kier molecular flexibility index (Phi) is 3.14. The van der Waals surface area contributed by atoms with Gasteiger partial charge < -0.3 is 9.52 Å². The van der Waals surface area contributed by atoms with Gasteiger partial charge in [-0.25, -0.2) is 9.97 Å². The van der Waals surface area contributed by atoms with Crippen molar-refractivity contribution in [3.63, 3.8) is 0 Å². The summed E-state index contributed by atoms with van der Waals surface area (Å²) in [6.45, 7) is 6.82. The lowest BCUT2D eigenvalue weighted by atomic mass is 9.92. The van der Waals surface area contributed by atoms with E-state index in [9.17, 15) is 9.90 Å². The van der Waals surface area contributed by atoms with Crippen molar-refractivity contribution in [1.29, 1.82) is 0 Å². The second-order valence-electron chi connectivity index (χ2n) is 5.06. The number of carbonyl (C=O) groups is 1. The highest BCUT2D eigenvalue weighted by Crippen LogP contribution is 2.25. The maximum atomic E-state index is 11.3. The Hall–Kier alpha value is -2.17. The average Bonchev–Trinajstić information content (AvgIpc) is 2.75. The summed E-state index contributed by atoms with van der Waals surface area (Å²) in [5.41, 5.74) is 0.177. The van der Waals surface area contributed by atoms with Crippen molar-refractivity contribution in [1.82, 2.24) is 9.97 Å². The van der Waals surface area contributed by atoms with Gasteiger partial charge in [-0.3, -0.25) is 4.79 Å². The lowest BCUT2D eigenvalue weighted by molar-refractivity contribution is -0.142. The van der Waals surface area contributed by atoms with Crippen LogP contribution in [0.1, 0.15) is 31.1 Å². The van der Waals surface area contributed by atoms with Crippen LogP contribution in [-0.2, 0) is 10.2 Å². The van der Waals surface area contributed by atoms with E-state index >= 15 is 0 Å². The van der Waals surface area contributed by atoms with Crippen LogP contribution in [0.5, 0.6) is 0 Å². The molecule has 0 amide bonds. The number of furan rings is 1. The van der Waals surface area contributed by atoms with Crippen molar-refractivity contribution in [3.8, 4) is 11.5 Å². The Morgan fingerprint density at radius 3 is 2.47 bits per heavy atom. The zero-order chi connectivity index (χ0) is 14.2. The zero-order valence-corrected chi connectivity index (χ0v) is 11.4. The van der Waals surface area contributed by atoms with E-state index < -0.39 is 11.4 Å². The van der Waals surface area contributed by atoms with E-state index in [1.165, 1.54) is 0 Å². The maximum absolute atomic E-state index is 11.3. The summed E-state index contributed by atoms with van der Waals surface area (Å²) in [6.07, 6.45) is 0. The molecular weight excluding hydrogens is 244 g/mol. The van der Waals surface area contributed by atoms with Gasteiger partial charge in [-0.1, -0.05) is 0 Å². The SMILES string of the molecule is Cc1cc(-c2ccc(C)o2)nc(C(C)(C)C(=O)O)n1. The Bertz CT molecular complexity index is 629. The standard InChI is InChI=1S/C14H16N2O3/c1-8-7-10(11-6-5-9(2)19-11)16-12(15-8)14(3,4)13(17)18/h5-7H,1-4H3,(H,17,18).